The number of rotatable bonds is 10. The van der Waals surface area contributed by atoms with E-state index in [0.717, 1.165) is 6.07 Å². The van der Waals surface area contributed by atoms with E-state index >= 15 is 0 Å². The second-order valence-electron chi connectivity index (χ2n) is 6.51. The molecular weight excluding hydrogens is 434 g/mol. The Kier molecular flexibility index (Phi) is 7.37. The van der Waals surface area contributed by atoms with Crippen LogP contribution < -0.4 is 14.9 Å². The Morgan fingerprint density at radius 3 is 2.67 bits per heavy atom. The van der Waals surface area contributed by atoms with Crippen molar-refractivity contribution in [1.82, 2.24) is 5.43 Å². The summed E-state index contributed by atoms with van der Waals surface area (Å²) in [5.74, 6) is -0.794. The highest BCUT2D eigenvalue weighted by Crippen LogP contribution is 2.29. The first-order chi connectivity index (χ1) is 15.9. The van der Waals surface area contributed by atoms with Crippen molar-refractivity contribution in [3.63, 3.8) is 0 Å². The molecule has 0 aliphatic rings. The molecule has 1 aromatic heterocycles. The number of carbonyl (C=O) groups is 2. The number of aromatic carboxylic acids is 1. The van der Waals surface area contributed by atoms with E-state index in [1.165, 1.54) is 36.5 Å². The molecule has 170 valence electrons. The number of nitro groups is 1. The van der Waals surface area contributed by atoms with Crippen molar-refractivity contribution in [1.29, 1.82) is 0 Å². The Bertz CT molecular complexity index is 1200. The number of carboxylic acids is 1. The maximum absolute atomic E-state index is 12.2. The van der Waals surface area contributed by atoms with Gasteiger partial charge in [0.1, 0.15) is 12.4 Å². The molecule has 0 saturated heterocycles. The van der Waals surface area contributed by atoms with E-state index in [1.807, 2.05) is 0 Å². The molecule has 0 aliphatic heterocycles. The van der Waals surface area contributed by atoms with Crippen LogP contribution >= 0.6 is 0 Å². The van der Waals surface area contributed by atoms with Gasteiger partial charge < -0.3 is 19.0 Å². The van der Waals surface area contributed by atoms with Gasteiger partial charge in [-0.25, -0.2) is 10.2 Å². The third-order valence-electron chi connectivity index (χ3n) is 4.21. The zero-order chi connectivity index (χ0) is 23.8. The summed E-state index contributed by atoms with van der Waals surface area (Å²) in [6.45, 7) is 2.17. The molecule has 3 aromatic rings. The van der Waals surface area contributed by atoms with E-state index in [2.05, 4.69) is 10.5 Å². The molecule has 33 heavy (non-hydrogen) atoms. The first-order valence-corrected chi connectivity index (χ1v) is 9.67. The van der Waals surface area contributed by atoms with Gasteiger partial charge in [-0.15, -0.1) is 0 Å². The average Bonchev–Trinajstić information content (AvgIpc) is 3.28. The lowest BCUT2D eigenvalue weighted by Crippen LogP contribution is -2.17. The lowest BCUT2D eigenvalue weighted by molar-refractivity contribution is -0.384. The highest BCUT2D eigenvalue weighted by atomic mass is 16.6. The molecule has 0 saturated carbocycles. The Labute approximate surface area is 187 Å². The molecule has 11 nitrogen and oxygen atoms in total. The maximum atomic E-state index is 12.2. The molecule has 2 aromatic carbocycles. The molecule has 3 rings (SSSR count). The minimum absolute atomic E-state index is 0.0000595. The molecule has 0 bridgehead atoms. The van der Waals surface area contributed by atoms with Gasteiger partial charge in [0.2, 0.25) is 5.76 Å². The molecule has 0 unspecified atom stereocenters. The number of amides is 1. The first kappa shape index (κ1) is 23.0. The van der Waals surface area contributed by atoms with Crippen molar-refractivity contribution in [2.45, 2.75) is 13.5 Å². The lowest BCUT2D eigenvalue weighted by Gasteiger charge is -2.11. The predicted octanol–water partition coefficient (Wildman–Crippen LogP) is 3.63. The normalized spacial score (nSPS) is 10.7. The summed E-state index contributed by atoms with van der Waals surface area (Å²) in [6, 6.07) is 13.1. The van der Waals surface area contributed by atoms with Crippen molar-refractivity contribution in [3.8, 4) is 11.5 Å². The zero-order valence-corrected chi connectivity index (χ0v) is 17.4. The van der Waals surface area contributed by atoms with Crippen molar-refractivity contribution < 1.29 is 33.5 Å². The van der Waals surface area contributed by atoms with E-state index in [4.69, 9.17) is 19.0 Å². The molecule has 0 radical (unpaired) electrons. The van der Waals surface area contributed by atoms with Crippen LogP contribution in [-0.2, 0) is 6.61 Å². The van der Waals surface area contributed by atoms with Gasteiger partial charge in [-0.1, -0.05) is 6.07 Å². The highest BCUT2D eigenvalue weighted by Gasteiger charge is 2.12. The second kappa shape index (κ2) is 10.6. The van der Waals surface area contributed by atoms with Gasteiger partial charge in [-0.2, -0.15) is 5.10 Å². The van der Waals surface area contributed by atoms with Crippen molar-refractivity contribution >= 4 is 23.8 Å². The summed E-state index contributed by atoms with van der Waals surface area (Å²) in [5.41, 5.74) is 2.81. The van der Waals surface area contributed by atoms with E-state index in [-0.39, 0.29) is 23.6 Å². The topological polar surface area (TPSA) is 154 Å². The fourth-order valence-corrected chi connectivity index (χ4v) is 2.70. The summed E-state index contributed by atoms with van der Waals surface area (Å²) in [5, 5.41) is 23.6. The van der Waals surface area contributed by atoms with Gasteiger partial charge >= 0.3 is 5.97 Å². The number of hydrazone groups is 1. The van der Waals surface area contributed by atoms with Crippen molar-refractivity contribution in [3.05, 3.63) is 87.4 Å². The number of nitro benzene ring substituents is 1. The van der Waals surface area contributed by atoms with E-state index in [0.29, 0.717) is 29.4 Å². The molecule has 0 atom stereocenters. The number of benzene rings is 2. The zero-order valence-electron chi connectivity index (χ0n) is 17.4. The third kappa shape index (κ3) is 6.17. The molecule has 1 amide bonds. The lowest BCUT2D eigenvalue weighted by atomic mass is 10.2. The Balaban J connectivity index is 1.65. The molecule has 0 spiro atoms. The molecule has 1 heterocycles. The van der Waals surface area contributed by atoms with Crippen LogP contribution in [0.3, 0.4) is 0 Å². The van der Waals surface area contributed by atoms with E-state index < -0.39 is 16.8 Å². The summed E-state index contributed by atoms with van der Waals surface area (Å²) in [4.78, 5) is 33.3. The highest BCUT2D eigenvalue weighted by molar-refractivity contribution is 5.95. The van der Waals surface area contributed by atoms with Gasteiger partial charge in [0.15, 0.2) is 11.5 Å². The van der Waals surface area contributed by atoms with Crippen LogP contribution in [0.2, 0.25) is 0 Å². The van der Waals surface area contributed by atoms with Crippen LogP contribution in [0.5, 0.6) is 11.5 Å². The Morgan fingerprint density at radius 1 is 1.15 bits per heavy atom. The number of hydrogen-bond acceptors (Lipinski definition) is 8. The number of carbonyl (C=O) groups excluding carboxylic acids is 1. The van der Waals surface area contributed by atoms with Gasteiger partial charge in [0.05, 0.1) is 17.7 Å². The molecule has 2 N–H and O–H groups in total. The fraction of sp³-hybridized carbons (Fsp3) is 0.136. The summed E-state index contributed by atoms with van der Waals surface area (Å²) in [7, 11) is 0. The number of non-ortho nitro benzene ring substituents is 1. The van der Waals surface area contributed by atoms with E-state index in [1.54, 1.807) is 25.1 Å². The number of ether oxygens (including phenoxy) is 2. The number of nitrogens with zero attached hydrogens (tertiary/aromatic N) is 2. The molecule has 0 aliphatic carbocycles. The summed E-state index contributed by atoms with van der Waals surface area (Å²) >= 11 is 0. The van der Waals surface area contributed by atoms with Gasteiger partial charge in [0.25, 0.3) is 11.6 Å². The summed E-state index contributed by atoms with van der Waals surface area (Å²) in [6.07, 6.45) is 1.38. The molecule has 11 heteroatoms. The number of nitrogens with one attached hydrogen (secondary N) is 1. The fourth-order valence-electron chi connectivity index (χ4n) is 2.70. The third-order valence-corrected chi connectivity index (χ3v) is 4.21. The minimum atomic E-state index is -1.17. The van der Waals surface area contributed by atoms with Gasteiger partial charge in [-0.05, 0) is 48.9 Å². The van der Waals surface area contributed by atoms with Crippen LogP contribution in [0.4, 0.5) is 5.69 Å². The minimum Gasteiger partial charge on any atom is -0.490 e. The van der Waals surface area contributed by atoms with Crippen LogP contribution in [0.1, 0.15) is 39.2 Å². The van der Waals surface area contributed by atoms with Crippen LogP contribution in [0.15, 0.2) is 64.1 Å². The van der Waals surface area contributed by atoms with Crippen LogP contribution in [0, 0.1) is 10.1 Å². The standard InChI is InChI=1S/C22H19N3O8/c1-2-31-20-10-14(6-8-18(20)32-13-17-7-9-19(33-17)22(27)28)12-23-24-21(26)15-4-3-5-16(11-15)25(29)30/h3-12H,2,13H2,1H3,(H,24,26)(H,27,28). The van der Waals surface area contributed by atoms with Crippen LogP contribution in [-0.4, -0.2) is 34.7 Å². The van der Waals surface area contributed by atoms with Crippen LogP contribution in [0.25, 0.3) is 0 Å². The van der Waals surface area contributed by atoms with Gasteiger partial charge in [-0.3, -0.25) is 14.9 Å². The maximum Gasteiger partial charge on any atom is 0.371 e. The van der Waals surface area contributed by atoms with Gasteiger partial charge in [0, 0.05) is 17.7 Å². The monoisotopic (exact) mass is 453 g/mol. The smallest absolute Gasteiger partial charge is 0.371 e. The Hall–Kier alpha value is -4.67. The number of hydrogen-bond donors (Lipinski definition) is 2. The molecule has 0 fully saturated rings. The largest absolute Gasteiger partial charge is 0.490 e. The first-order valence-electron chi connectivity index (χ1n) is 9.67. The second-order valence-corrected chi connectivity index (χ2v) is 6.51. The van der Waals surface area contributed by atoms with Crippen molar-refractivity contribution in [2.75, 3.05) is 6.61 Å². The quantitative estimate of drug-likeness (QED) is 0.268. The Morgan fingerprint density at radius 2 is 1.97 bits per heavy atom. The number of furan rings is 1. The summed E-state index contributed by atoms with van der Waals surface area (Å²) < 4.78 is 16.4. The predicted molar refractivity (Wildman–Crippen MR) is 116 cm³/mol. The van der Waals surface area contributed by atoms with Crippen molar-refractivity contribution in [2.24, 2.45) is 5.10 Å². The molecular formula is C22H19N3O8. The van der Waals surface area contributed by atoms with E-state index in [9.17, 15) is 19.7 Å². The average molecular weight is 453 g/mol. The SMILES string of the molecule is CCOc1cc(C=NNC(=O)c2cccc([N+](=O)[O-])c2)ccc1OCc1ccc(C(=O)O)o1. The number of carboxylic acid groups (broad SMARTS) is 1.